The van der Waals surface area contributed by atoms with Crippen molar-refractivity contribution in [3.8, 4) is 0 Å². The highest BCUT2D eigenvalue weighted by atomic mass is 19.1. The fraction of sp³-hybridized carbons (Fsp3) is 0.579. The summed E-state index contributed by atoms with van der Waals surface area (Å²) in [4.78, 5) is 24.2. The van der Waals surface area contributed by atoms with Crippen LogP contribution >= 0.6 is 0 Å². The second kappa shape index (κ2) is 8.43. The third kappa shape index (κ3) is 5.81. The molecule has 5 nitrogen and oxygen atoms in total. The van der Waals surface area contributed by atoms with Crippen molar-refractivity contribution in [2.24, 2.45) is 5.41 Å². The summed E-state index contributed by atoms with van der Waals surface area (Å²) in [7, 11) is 0. The van der Waals surface area contributed by atoms with E-state index in [-0.39, 0.29) is 35.6 Å². The van der Waals surface area contributed by atoms with Gasteiger partial charge in [0.15, 0.2) is 0 Å². The lowest BCUT2D eigenvalue weighted by atomic mass is 9.82. The minimum absolute atomic E-state index is 0.0717. The summed E-state index contributed by atoms with van der Waals surface area (Å²) in [5.74, 6) is -0.649. The van der Waals surface area contributed by atoms with Gasteiger partial charge in [0.05, 0.1) is 6.54 Å². The van der Waals surface area contributed by atoms with E-state index in [1.807, 2.05) is 26.8 Å². The molecule has 138 valence electrons. The molecule has 0 aliphatic carbocycles. The first-order valence-electron chi connectivity index (χ1n) is 8.83. The number of amides is 2. The van der Waals surface area contributed by atoms with E-state index in [1.54, 1.807) is 6.07 Å². The second-order valence-corrected chi connectivity index (χ2v) is 7.64. The van der Waals surface area contributed by atoms with E-state index in [0.717, 1.165) is 18.4 Å². The van der Waals surface area contributed by atoms with Gasteiger partial charge in [-0.2, -0.15) is 0 Å². The van der Waals surface area contributed by atoms with Gasteiger partial charge in [-0.1, -0.05) is 32.9 Å². The minimum atomic E-state index is -0.473. The van der Waals surface area contributed by atoms with Gasteiger partial charge < -0.3 is 16.0 Å². The van der Waals surface area contributed by atoms with Gasteiger partial charge in [0.25, 0.3) is 0 Å². The molecule has 1 aromatic carbocycles. The Bertz CT molecular complexity index is 613. The van der Waals surface area contributed by atoms with Crippen molar-refractivity contribution in [1.82, 2.24) is 16.0 Å². The zero-order valence-corrected chi connectivity index (χ0v) is 15.2. The van der Waals surface area contributed by atoms with Gasteiger partial charge in [0, 0.05) is 12.6 Å². The molecule has 1 fully saturated rings. The fourth-order valence-electron chi connectivity index (χ4n) is 3.13. The Balaban J connectivity index is 1.98. The molecule has 2 atom stereocenters. The van der Waals surface area contributed by atoms with Gasteiger partial charge in [-0.05, 0) is 42.4 Å². The average Bonchev–Trinajstić information content (AvgIpc) is 2.71. The molecule has 1 aliphatic rings. The number of nitrogens with one attached hydrogen (secondary N) is 3. The lowest BCUT2D eigenvalue weighted by molar-refractivity contribution is -0.128. The van der Waals surface area contributed by atoms with E-state index in [9.17, 15) is 14.0 Å². The zero-order valence-electron chi connectivity index (χ0n) is 15.2. The van der Waals surface area contributed by atoms with Gasteiger partial charge in [-0.15, -0.1) is 0 Å². The Hall–Kier alpha value is -1.95. The minimum Gasteiger partial charge on any atom is -0.354 e. The Morgan fingerprint density at radius 2 is 2.12 bits per heavy atom. The Morgan fingerprint density at radius 1 is 1.36 bits per heavy atom. The summed E-state index contributed by atoms with van der Waals surface area (Å²) in [6, 6.07) is 5.75. The Labute approximate surface area is 148 Å². The van der Waals surface area contributed by atoms with Gasteiger partial charge in [-0.3, -0.25) is 9.59 Å². The second-order valence-electron chi connectivity index (χ2n) is 7.64. The number of carbonyl (C=O) groups is 2. The first-order chi connectivity index (χ1) is 11.8. The van der Waals surface area contributed by atoms with E-state index in [4.69, 9.17) is 0 Å². The molecule has 0 aromatic heterocycles. The standard InChI is InChI=1S/C19H28FN3O2/c1-19(2,3)17(13-7-6-8-14(20)11-13)22-12-16(24)23-15-9-4-5-10-21-18(15)25/h6-8,11,15,17,22H,4-5,9-10,12H2,1-3H3,(H,21,25)(H,23,24)/t15-,17-/m1/s1. The van der Waals surface area contributed by atoms with Crippen molar-refractivity contribution in [2.75, 3.05) is 13.1 Å². The molecule has 25 heavy (non-hydrogen) atoms. The molecule has 0 bridgehead atoms. The molecule has 1 heterocycles. The summed E-state index contributed by atoms with van der Waals surface area (Å²) in [5.41, 5.74) is 0.598. The number of carbonyl (C=O) groups excluding carboxylic acids is 2. The van der Waals surface area contributed by atoms with Gasteiger partial charge in [-0.25, -0.2) is 4.39 Å². The third-order valence-corrected chi connectivity index (χ3v) is 4.39. The number of benzene rings is 1. The predicted octanol–water partition coefficient (Wildman–Crippen LogP) is 2.29. The van der Waals surface area contributed by atoms with E-state index in [2.05, 4.69) is 16.0 Å². The van der Waals surface area contributed by atoms with Crippen LogP contribution in [0.25, 0.3) is 0 Å². The molecule has 2 amide bonds. The van der Waals surface area contributed by atoms with E-state index < -0.39 is 6.04 Å². The molecule has 6 heteroatoms. The highest BCUT2D eigenvalue weighted by molar-refractivity contribution is 5.88. The quantitative estimate of drug-likeness (QED) is 0.764. The summed E-state index contributed by atoms with van der Waals surface area (Å²) in [6.07, 6.45) is 2.50. The van der Waals surface area contributed by atoms with Gasteiger partial charge in [0.2, 0.25) is 11.8 Å². The maximum atomic E-state index is 13.6. The fourth-order valence-corrected chi connectivity index (χ4v) is 3.13. The van der Waals surface area contributed by atoms with Crippen LogP contribution in [-0.4, -0.2) is 30.9 Å². The van der Waals surface area contributed by atoms with Gasteiger partial charge >= 0.3 is 0 Å². The Kier molecular flexibility index (Phi) is 6.53. The largest absolute Gasteiger partial charge is 0.354 e. The van der Waals surface area contributed by atoms with Crippen molar-refractivity contribution in [1.29, 1.82) is 0 Å². The maximum Gasteiger partial charge on any atom is 0.242 e. The van der Waals surface area contributed by atoms with Crippen LogP contribution < -0.4 is 16.0 Å². The number of rotatable bonds is 5. The van der Waals surface area contributed by atoms with Crippen LogP contribution in [0.4, 0.5) is 4.39 Å². The highest BCUT2D eigenvalue weighted by Crippen LogP contribution is 2.32. The molecule has 1 saturated heterocycles. The first-order valence-corrected chi connectivity index (χ1v) is 8.83. The van der Waals surface area contributed by atoms with E-state index in [0.29, 0.717) is 13.0 Å². The molecule has 0 spiro atoms. The summed E-state index contributed by atoms with van der Waals surface area (Å²) in [5, 5.41) is 8.81. The molecule has 1 aromatic rings. The van der Waals surface area contributed by atoms with Crippen LogP contribution in [-0.2, 0) is 9.59 Å². The van der Waals surface area contributed by atoms with Crippen LogP contribution in [0.1, 0.15) is 51.6 Å². The van der Waals surface area contributed by atoms with Crippen molar-refractivity contribution in [3.63, 3.8) is 0 Å². The van der Waals surface area contributed by atoms with Crippen LogP contribution in [0.5, 0.6) is 0 Å². The topological polar surface area (TPSA) is 70.2 Å². The molecule has 3 N–H and O–H groups in total. The van der Waals surface area contributed by atoms with Crippen LogP contribution in [0.15, 0.2) is 24.3 Å². The number of hydrogen-bond acceptors (Lipinski definition) is 3. The normalized spacial score (nSPS) is 19.7. The highest BCUT2D eigenvalue weighted by Gasteiger charge is 2.28. The first kappa shape index (κ1) is 19.4. The molecule has 0 radical (unpaired) electrons. The zero-order chi connectivity index (χ0) is 18.4. The van der Waals surface area contributed by atoms with Crippen LogP contribution in [0.2, 0.25) is 0 Å². The van der Waals surface area contributed by atoms with Crippen molar-refractivity contribution in [2.45, 2.75) is 52.1 Å². The molecule has 0 unspecified atom stereocenters. The van der Waals surface area contributed by atoms with E-state index in [1.165, 1.54) is 12.1 Å². The predicted molar refractivity (Wildman–Crippen MR) is 95.4 cm³/mol. The van der Waals surface area contributed by atoms with Crippen molar-refractivity contribution < 1.29 is 14.0 Å². The van der Waals surface area contributed by atoms with E-state index >= 15 is 0 Å². The van der Waals surface area contributed by atoms with Crippen LogP contribution in [0.3, 0.4) is 0 Å². The summed E-state index contributed by atoms with van der Waals surface area (Å²) in [6.45, 7) is 6.84. The summed E-state index contributed by atoms with van der Waals surface area (Å²) >= 11 is 0. The van der Waals surface area contributed by atoms with Crippen molar-refractivity contribution >= 4 is 11.8 Å². The van der Waals surface area contributed by atoms with Gasteiger partial charge in [0.1, 0.15) is 11.9 Å². The third-order valence-electron chi connectivity index (χ3n) is 4.39. The molecule has 1 aliphatic heterocycles. The van der Waals surface area contributed by atoms with Crippen molar-refractivity contribution in [3.05, 3.63) is 35.6 Å². The smallest absolute Gasteiger partial charge is 0.242 e. The molecule has 0 saturated carbocycles. The SMILES string of the molecule is CC(C)(C)[C@H](NCC(=O)N[C@@H]1CCCCNC1=O)c1cccc(F)c1. The number of hydrogen-bond donors (Lipinski definition) is 3. The maximum absolute atomic E-state index is 13.6. The Morgan fingerprint density at radius 3 is 2.80 bits per heavy atom. The lowest BCUT2D eigenvalue weighted by Gasteiger charge is -2.32. The summed E-state index contributed by atoms with van der Waals surface area (Å²) < 4.78 is 13.6. The average molecular weight is 349 g/mol. The van der Waals surface area contributed by atoms with Crippen LogP contribution in [0, 0.1) is 11.2 Å². The molecular weight excluding hydrogens is 321 g/mol. The number of halogens is 1. The monoisotopic (exact) mass is 349 g/mol. The molecular formula is C19H28FN3O2. The molecule has 2 rings (SSSR count). The lowest BCUT2D eigenvalue weighted by Crippen LogP contribution is -2.49.